The van der Waals surface area contributed by atoms with Crippen LogP contribution in [0.5, 0.6) is 0 Å². The van der Waals surface area contributed by atoms with Crippen LogP contribution < -0.4 is 0 Å². The van der Waals surface area contributed by atoms with Crippen LogP contribution in [0.1, 0.15) is 6.42 Å². The number of phosphoric acid groups is 1. The molecular formula is C3H9INaO4P. The summed E-state index contributed by atoms with van der Waals surface area (Å²) in [6.07, 6.45) is 1.44. The van der Waals surface area contributed by atoms with Crippen LogP contribution in [0.25, 0.3) is 0 Å². The summed E-state index contributed by atoms with van der Waals surface area (Å²) in [6, 6.07) is 0. The molecule has 0 saturated carbocycles. The molecule has 0 aliphatic carbocycles. The van der Waals surface area contributed by atoms with Crippen LogP contribution in [-0.2, 0) is 4.57 Å². The predicted molar refractivity (Wildman–Crippen MR) is 48.3 cm³/mol. The standard InChI is InChI=1S/C3H6I.Na.H3O4P/c1-2-3-4;;1-5(2,3)4/h1-3H2;;(H3,1,2,3,4). The van der Waals surface area contributed by atoms with E-state index in [1.807, 2.05) is 0 Å². The fourth-order valence-electron chi connectivity index (χ4n) is 0.134. The summed E-state index contributed by atoms with van der Waals surface area (Å²) in [4.78, 5) is 21.6. The van der Waals surface area contributed by atoms with E-state index in [2.05, 4.69) is 22.6 Å². The second kappa shape index (κ2) is 8.93. The molecule has 0 fully saturated rings. The summed E-state index contributed by atoms with van der Waals surface area (Å²) in [5.41, 5.74) is 0. The van der Waals surface area contributed by atoms with Gasteiger partial charge in [-0.3, -0.25) is 0 Å². The predicted octanol–water partition coefficient (Wildman–Crippen LogP) is 0.470. The van der Waals surface area contributed by atoms with Crippen molar-refractivity contribution in [3.05, 3.63) is 0 Å². The van der Waals surface area contributed by atoms with Gasteiger partial charge in [-0.05, 0) is 0 Å². The molecule has 0 bridgehead atoms. The Morgan fingerprint density at radius 1 is 1.40 bits per heavy atom. The fourth-order valence-corrected chi connectivity index (χ4v) is 2.69. The third kappa shape index (κ3) is 52.1. The molecule has 58 valence electrons. The molecule has 3 N–H and O–H groups in total. The Labute approximate surface area is 91.2 Å². The number of hydrogen-bond acceptors (Lipinski definition) is 1. The zero-order valence-electron chi connectivity index (χ0n) is 5.70. The van der Waals surface area contributed by atoms with Crippen molar-refractivity contribution in [1.82, 2.24) is 0 Å². The van der Waals surface area contributed by atoms with Crippen LogP contribution in [0.2, 0.25) is 3.67 Å². The van der Waals surface area contributed by atoms with E-state index in [4.69, 9.17) is 19.2 Å². The first kappa shape index (κ1) is 14.4. The van der Waals surface area contributed by atoms with E-state index in [0.717, 1.165) is 0 Å². The van der Waals surface area contributed by atoms with Crippen molar-refractivity contribution in [2.45, 2.75) is 10.1 Å². The normalized spacial score (nSPS) is 10.2. The van der Waals surface area contributed by atoms with E-state index in [0.29, 0.717) is 0 Å². The van der Waals surface area contributed by atoms with Gasteiger partial charge >= 0.3 is 72.9 Å². The molecule has 0 aromatic heterocycles. The molecule has 0 radical (unpaired) electrons. The van der Waals surface area contributed by atoms with E-state index in [1.54, 1.807) is 0 Å². The summed E-state index contributed by atoms with van der Waals surface area (Å²) >= 11 is 3.80. The van der Waals surface area contributed by atoms with Gasteiger partial charge in [-0.2, -0.15) is 0 Å². The van der Waals surface area contributed by atoms with Crippen molar-refractivity contribution in [2.75, 3.05) is 4.43 Å². The van der Waals surface area contributed by atoms with Crippen LogP contribution >= 0.6 is 30.4 Å². The SMILES string of the molecule is O=P(O)(O)O.[Na][CH2]CCI. The summed E-state index contributed by atoms with van der Waals surface area (Å²) in [7, 11) is -4.64. The average Bonchev–Trinajstić information content (AvgIpc) is 1.63. The van der Waals surface area contributed by atoms with Gasteiger partial charge < -0.3 is 14.7 Å². The maximum atomic E-state index is 8.88. The Morgan fingerprint density at radius 3 is 1.70 bits per heavy atom. The molecule has 10 heavy (non-hydrogen) atoms. The molecule has 0 saturated heterocycles. The monoisotopic (exact) mass is 290 g/mol. The molecule has 0 heterocycles. The van der Waals surface area contributed by atoms with Crippen LogP contribution in [0.15, 0.2) is 0 Å². The number of rotatable bonds is 2. The summed E-state index contributed by atoms with van der Waals surface area (Å²) in [6.45, 7) is 0. The van der Waals surface area contributed by atoms with Crippen LogP contribution in [-0.4, -0.2) is 47.0 Å². The van der Waals surface area contributed by atoms with Gasteiger partial charge in [-0.1, -0.05) is 0 Å². The molecule has 0 aliphatic heterocycles. The molecule has 0 aromatic rings. The topological polar surface area (TPSA) is 77.8 Å². The number of hydrogen-bond donors (Lipinski definition) is 3. The first-order valence-electron chi connectivity index (χ1n) is 2.76. The van der Waals surface area contributed by atoms with Crippen molar-refractivity contribution in [3.63, 3.8) is 0 Å². The van der Waals surface area contributed by atoms with Gasteiger partial charge in [0.15, 0.2) is 0 Å². The van der Waals surface area contributed by atoms with Crippen molar-refractivity contribution in [1.29, 1.82) is 0 Å². The van der Waals surface area contributed by atoms with E-state index in [9.17, 15) is 0 Å². The van der Waals surface area contributed by atoms with Crippen molar-refractivity contribution in [2.24, 2.45) is 0 Å². The molecule has 0 spiro atoms. The summed E-state index contributed by atoms with van der Waals surface area (Å²) in [5, 5.41) is 0. The van der Waals surface area contributed by atoms with Crippen molar-refractivity contribution in [3.8, 4) is 0 Å². The minimum atomic E-state index is -4.64. The summed E-state index contributed by atoms with van der Waals surface area (Å²) in [5.74, 6) is 0. The van der Waals surface area contributed by atoms with Crippen molar-refractivity contribution >= 4 is 58.3 Å². The zero-order chi connectivity index (χ0) is 8.62. The van der Waals surface area contributed by atoms with Gasteiger partial charge in [0.05, 0.1) is 0 Å². The van der Waals surface area contributed by atoms with Gasteiger partial charge in [-0.25, -0.2) is 4.57 Å². The number of halogens is 1. The first-order valence-corrected chi connectivity index (χ1v) is 7.26. The Hall–Kier alpha value is 1.84. The molecule has 0 amide bonds. The average molecular weight is 290 g/mol. The third-order valence-corrected chi connectivity index (χ3v) is 1.96. The Kier molecular flexibility index (Phi) is 12.8. The molecule has 0 rings (SSSR count). The molecule has 0 aliphatic rings. The molecular weight excluding hydrogens is 281 g/mol. The van der Waals surface area contributed by atoms with Crippen LogP contribution in [0, 0.1) is 0 Å². The Bertz CT molecular complexity index is 94.4. The van der Waals surface area contributed by atoms with E-state index in [-0.39, 0.29) is 0 Å². The third-order valence-electron chi connectivity index (χ3n) is 0.487. The molecule has 7 heteroatoms. The van der Waals surface area contributed by atoms with Gasteiger partial charge in [0.1, 0.15) is 0 Å². The summed E-state index contributed by atoms with van der Waals surface area (Å²) < 4.78 is 11.7. The molecule has 0 unspecified atom stereocenters. The Morgan fingerprint density at radius 2 is 1.70 bits per heavy atom. The van der Waals surface area contributed by atoms with E-state index >= 15 is 0 Å². The second-order valence-electron chi connectivity index (χ2n) is 1.56. The quantitative estimate of drug-likeness (QED) is 0.299. The van der Waals surface area contributed by atoms with Crippen LogP contribution in [0.4, 0.5) is 0 Å². The Balaban J connectivity index is 0. The van der Waals surface area contributed by atoms with Gasteiger partial charge in [-0.15, -0.1) is 0 Å². The maximum absolute atomic E-state index is 8.88. The van der Waals surface area contributed by atoms with Crippen LogP contribution in [0.3, 0.4) is 0 Å². The van der Waals surface area contributed by atoms with Crippen molar-refractivity contribution < 1.29 is 19.2 Å². The van der Waals surface area contributed by atoms with Gasteiger partial charge in [0, 0.05) is 0 Å². The molecule has 0 atom stereocenters. The molecule has 0 aromatic carbocycles. The minimum absolute atomic E-state index is 1.35. The first-order chi connectivity index (χ1) is 4.41. The number of alkyl halides is 1. The molecule has 4 nitrogen and oxygen atoms in total. The van der Waals surface area contributed by atoms with E-state index in [1.165, 1.54) is 42.4 Å². The second-order valence-corrected chi connectivity index (χ2v) is 4.66. The zero-order valence-corrected chi connectivity index (χ0v) is 10.7. The van der Waals surface area contributed by atoms with E-state index < -0.39 is 7.82 Å². The van der Waals surface area contributed by atoms with Gasteiger partial charge in [0.25, 0.3) is 0 Å². The fraction of sp³-hybridized carbons (Fsp3) is 1.00. The van der Waals surface area contributed by atoms with Gasteiger partial charge in [0.2, 0.25) is 0 Å².